The molecule has 0 fully saturated rings. The SMILES string of the molecule is c1ccc2cc(-n3c4ccccc4c4cc(-c5cc6sc7ccccc7c6c6c5c5ccccc5n6-c5ccc6ccccc6c5)ccc43)ccc2c1. The molecule has 0 radical (unpaired) electrons. The highest BCUT2D eigenvalue weighted by Crippen LogP contribution is 2.48. The van der Waals surface area contributed by atoms with Crippen LogP contribution in [0.15, 0.2) is 182 Å². The van der Waals surface area contributed by atoms with Crippen molar-refractivity contribution in [2.24, 2.45) is 0 Å². The van der Waals surface area contributed by atoms with Crippen LogP contribution < -0.4 is 0 Å². The van der Waals surface area contributed by atoms with Gasteiger partial charge in [-0.15, -0.1) is 11.3 Å². The smallest absolute Gasteiger partial charge is 0.0640 e. The van der Waals surface area contributed by atoms with Crippen LogP contribution in [0.3, 0.4) is 0 Å². The van der Waals surface area contributed by atoms with Crippen LogP contribution in [0.4, 0.5) is 0 Å². The molecule has 0 spiro atoms. The van der Waals surface area contributed by atoms with Crippen LogP contribution in [0.5, 0.6) is 0 Å². The van der Waals surface area contributed by atoms with Gasteiger partial charge in [0.15, 0.2) is 0 Å². The summed E-state index contributed by atoms with van der Waals surface area (Å²) in [5.41, 5.74) is 9.76. The van der Waals surface area contributed by atoms with Crippen LogP contribution in [0.1, 0.15) is 0 Å². The van der Waals surface area contributed by atoms with Crippen molar-refractivity contribution in [2.75, 3.05) is 0 Å². The van der Waals surface area contributed by atoms with E-state index in [1.165, 1.54) is 108 Å². The molecule has 3 heteroatoms. The van der Waals surface area contributed by atoms with Gasteiger partial charge in [-0.25, -0.2) is 0 Å². The molecular formula is C50H30N2S. The van der Waals surface area contributed by atoms with Gasteiger partial charge in [0.25, 0.3) is 0 Å². The number of thiophene rings is 1. The van der Waals surface area contributed by atoms with Gasteiger partial charge >= 0.3 is 0 Å². The van der Waals surface area contributed by atoms with Gasteiger partial charge in [-0.2, -0.15) is 0 Å². The zero-order valence-electron chi connectivity index (χ0n) is 28.6. The molecule has 53 heavy (non-hydrogen) atoms. The van der Waals surface area contributed by atoms with Crippen LogP contribution in [0.25, 0.3) is 108 Å². The summed E-state index contributed by atoms with van der Waals surface area (Å²) >= 11 is 1.89. The highest BCUT2D eigenvalue weighted by atomic mass is 32.1. The fourth-order valence-corrected chi connectivity index (χ4v) is 10.1. The van der Waals surface area contributed by atoms with Crippen molar-refractivity contribution in [1.82, 2.24) is 9.13 Å². The van der Waals surface area contributed by atoms with E-state index in [4.69, 9.17) is 0 Å². The van der Waals surface area contributed by atoms with Gasteiger partial charge in [-0.3, -0.25) is 0 Å². The average Bonchev–Trinajstić information content (AvgIpc) is 3.87. The Balaban J connectivity index is 1.19. The third-order valence-electron chi connectivity index (χ3n) is 11.2. The first-order valence-electron chi connectivity index (χ1n) is 18.2. The molecule has 0 aliphatic heterocycles. The molecule has 0 aliphatic rings. The number of nitrogens with zero attached hydrogens (tertiary/aromatic N) is 2. The van der Waals surface area contributed by atoms with Crippen LogP contribution in [0.2, 0.25) is 0 Å². The van der Waals surface area contributed by atoms with E-state index in [1.54, 1.807) is 0 Å². The van der Waals surface area contributed by atoms with Gasteiger partial charge in [0, 0.05) is 53.1 Å². The van der Waals surface area contributed by atoms with Gasteiger partial charge in [-0.1, -0.05) is 121 Å². The molecule has 12 rings (SSSR count). The maximum absolute atomic E-state index is 2.52. The first-order valence-corrected chi connectivity index (χ1v) is 19.0. The minimum atomic E-state index is 1.18. The van der Waals surface area contributed by atoms with Crippen LogP contribution in [0, 0.1) is 0 Å². The van der Waals surface area contributed by atoms with Crippen molar-refractivity contribution in [3.8, 4) is 22.5 Å². The summed E-state index contributed by atoms with van der Waals surface area (Å²) in [5, 5.41) is 12.7. The summed E-state index contributed by atoms with van der Waals surface area (Å²) in [6.45, 7) is 0. The molecule has 0 saturated carbocycles. The zero-order valence-corrected chi connectivity index (χ0v) is 29.4. The molecule has 0 atom stereocenters. The number of aromatic nitrogens is 2. The van der Waals surface area contributed by atoms with E-state index in [9.17, 15) is 0 Å². The fraction of sp³-hybridized carbons (Fsp3) is 0. The number of hydrogen-bond acceptors (Lipinski definition) is 1. The van der Waals surface area contributed by atoms with Crippen molar-refractivity contribution in [1.29, 1.82) is 0 Å². The summed E-state index contributed by atoms with van der Waals surface area (Å²) in [6, 6.07) is 67.3. The number of benzene rings is 9. The van der Waals surface area contributed by atoms with E-state index >= 15 is 0 Å². The van der Waals surface area contributed by atoms with Crippen molar-refractivity contribution in [3.05, 3.63) is 182 Å². The van der Waals surface area contributed by atoms with Crippen molar-refractivity contribution < 1.29 is 0 Å². The molecule has 0 bridgehead atoms. The van der Waals surface area contributed by atoms with Gasteiger partial charge in [0.1, 0.15) is 0 Å². The quantitative estimate of drug-likeness (QED) is 0.175. The third-order valence-corrected chi connectivity index (χ3v) is 12.4. The van der Waals surface area contributed by atoms with E-state index in [-0.39, 0.29) is 0 Å². The molecule has 246 valence electrons. The standard InChI is InChI=1S/C50H30N2S/c1-3-13-33-27-36(24-21-31(33)11-1)51-43-18-8-5-15-38(43)42-29-35(23-26-45(42)51)41-30-47-49(40-17-7-10-20-46(40)53-47)50-48(41)39-16-6-9-19-44(39)52(50)37-25-22-32-12-2-4-14-34(32)28-37/h1-30H. The van der Waals surface area contributed by atoms with Crippen LogP contribution in [-0.4, -0.2) is 9.13 Å². The summed E-state index contributed by atoms with van der Waals surface area (Å²) in [4.78, 5) is 0. The lowest BCUT2D eigenvalue weighted by Crippen LogP contribution is -1.95. The van der Waals surface area contributed by atoms with E-state index in [0.717, 1.165) is 0 Å². The van der Waals surface area contributed by atoms with E-state index in [1.807, 2.05) is 11.3 Å². The van der Waals surface area contributed by atoms with Gasteiger partial charge in [-0.05, 0) is 93.3 Å². The maximum atomic E-state index is 2.52. The molecule has 12 aromatic rings. The van der Waals surface area contributed by atoms with Crippen molar-refractivity contribution in [3.63, 3.8) is 0 Å². The fourth-order valence-electron chi connectivity index (χ4n) is 8.91. The molecule has 9 aromatic carbocycles. The molecule has 0 saturated heterocycles. The number of para-hydroxylation sites is 2. The summed E-state index contributed by atoms with van der Waals surface area (Å²) in [6.07, 6.45) is 0. The van der Waals surface area contributed by atoms with Gasteiger partial charge in [0.05, 0.1) is 22.1 Å². The molecule has 3 aromatic heterocycles. The van der Waals surface area contributed by atoms with Gasteiger partial charge in [0.2, 0.25) is 0 Å². The molecule has 0 unspecified atom stereocenters. The minimum Gasteiger partial charge on any atom is -0.309 e. The normalized spacial score (nSPS) is 12.2. The molecule has 0 amide bonds. The second-order valence-corrected chi connectivity index (χ2v) is 15.2. The van der Waals surface area contributed by atoms with Gasteiger partial charge < -0.3 is 9.13 Å². The second kappa shape index (κ2) is 10.9. The summed E-state index contributed by atoms with van der Waals surface area (Å²) < 4.78 is 7.56. The van der Waals surface area contributed by atoms with E-state index in [2.05, 4.69) is 191 Å². The number of fused-ring (bicyclic) bond motifs is 12. The maximum Gasteiger partial charge on any atom is 0.0640 e. The highest BCUT2D eigenvalue weighted by Gasteiger charge is 2.23. The van der Waals surface area contributed by atoms with Crippen LogP contribution in [-0.2, 0) is 0 Å². The predicted octanol–water partition coefficient (Wildman–Crippen LogP) is 14.2. The first kappa shape index (κ1) is 29.0. The van der Waals surface area contributed by atoms with Crippen LogP contribution >= 0.6 is 11.3 Å². The average molecular weight is 691 g/mol. The number of rotatable bonds is 3. The van der Waals surface area contributed by atoms with Crippen molar-refractivity contribution >= 4 is 96.7 Å². The first-order chi connectivity index (χ1) is 26.3. The lowest BCUT2D eigenvalue weighted by atomic mass is 9.96. The molecule has 0 aliphatic carbocycles. The molecular weight excluding hydrogens is 661 g/mol. The Kier molecular flexibility index (Phi) is 5.96. The highest BCUT2D eigenvalue weighted by molar-refractivity contribution is 7.26. The monoisotopic (exact) mass is 690 g/mol. The molecule has 0 N–H and O–H groups in total. The van der Waals surface area contributed by atoms with E-state index in [0.29, 0.717) is 0 Å². The zero-order chi connectivity index (χ0) is 34.6. The molecule has 3 heterocycles. The Morgan fingerprint density at radius 2 is 0.906 bits per heavy atom. The van der Waals surface area contributed by atoms with E-state index < -0.39 is 0 Å². The Morgan fingerprint density at radius 1 is 0.340 bits per heavy atom. The number of hydrogen-bond donors (Lipinski definition) is 0. The second-order valence-electron chi connectivity index (χ2n) is 14.1. The summed E-state index contributed by atoms with van der Waals surface area (Å²) in [7, 11) is 0. The minimum absolute atomic E-state index is 1.18. The Labute approximate surface area is 309 Å². The molecule has 2 nitrogen and oxygen atoms in total. The van der Waals surface area contributed by atoms with Crippen molar-refractivity contribution in [2.45, 2.75) is 0 Å². The lowest BCUT2D eigenvalue weighted by molar-refractivity contribution is 1.19. The topological polar surface area (TPSA) is 9.86 Å². The Hall–Kier alpha value is -6.68. The summed E-state index contributed by atoms with van der Waals surface area (Å²) in [5.74, 6) is 0. The largest absolute Gasteiger partial charge is 0.309 e. The lowest BCUT2D eigenvalue weighted by Gasteiger charge is -2.12. The Morgan fingerprint density at radius 3 is 1.64 bits per heavy atom. The predicted molar refractivity (Wildman–Crippen MR) is 228 cm³/mol. The Bertz CT molecular complexity index is 3470. The third kappa shape index (κ3) is 4.14.